The van der Waals surface area contributed by atoms with Crippen molar-refractivity contribution < 1.29 is 9.59 Å². The molecule has 3 atom stereocenters. The maximum absolute atomic E-state index is 13.7. The van der Waals surface area contributed by atoms with Gasteiger partial charge >= 0.3 is 0 Å². The van der Waals surface area contributed by atoms with Crippen LogP contribution in [0.15, 0.2) is 42.5 Å². The van der Waals surface area contributed by atoms with Crippen molar-refractivity contribution in [3.05, 3.63) is 75.9 Å². The summed E-state index contributed by atoms with van der Waals surface area (Å²) in [6.07, 6.45) is 10.8. The third kappa shape index (κ3) is 4.82. The highest BCUT2D eigenvalue weighted by atomic mass is 16.1. The van der Waals surface area contributed by atoms with E-state index in [9.17, 15) is 9.59 Å². The van der Waals surface area contributed by atoms with Crippen LogP contribution in [-0.4, -0.2) is 11.6 Å². The summed E-state index contributed by atoms with van der Waals surface area (Å²) in [5, 5.41) is 0. The normalized spacial score (nSPS) is 28.0. The molecule has 2 heteroatoms. The van der Waals surface area contributed by atoms with Gasteiger partial charge < -0.3 is 0 Å². The van der Waals surface area contributed by atoms with E-state index in [0.29, 0.717) is 23.4 Å². The average Bonchev–Trinajstić information content (AvgIpc) is 3.42. The minimum absolute atomic E-state index is 0.109. The number of ketones is 2. The van der Waals surface area contributed by atoms with Crippen LogP contribution in [0.1, 0.15) is 103 Å². The van der Waals surface area contributed by atoms with Crippen molar-refractivity contribution >= 4 is 17.1 Å². The Balaban J connectivity index is 1.30. The van der Waals surface area contributed by atoms with E-state index in [2.05, 4.69) is 70.2 Å². The van der Waals surface area contributed by atoms with Gasteiger partial charge in [-0.2, -0.15) is 0 Å². The van der Waals surface area contributed by atoms with Gasteiger partial charge in [0.1, 0.15) is 0 Å². The Morgan fingerprint density at radius 3 is 2.23 bits per heavy atom. The highest BCUT2D eigenvalue weighted by Gasteiger charge is 2.36. The number of carbonyl (C=O) groups is 2. The second-order valence-corrected chi connectivity index (χ2v) is 11.8. The van der Waals surface area contributed by atoms with Crippen molar-refractivity contribution in [2.45, 2.75) is 85.0 Å². The lowest BCUT2D eigenvalue weighted by Gasteiger charge is -2.28. The van der Waals surface area contributed by atoms with Gasteiger partial charge in [-0.15, -0.1) is 0 Å². The molecule has 3 aliphatic carbocycles. The van der Waals surface area contributed by atoms with Crippen LogP contribution in [0.2, 0.25) is 0 Å². The van der Waals surface area contributed by atoms with Crippen molar-refractivity contribution in [3.63, 3.8) is 0 Å². The molecule has 0 amide bonds. The van der Waals surface area contributed by atoms with Crippen molar-refractivity contribution in [2.75, 3.05) is 0 Å². The SMILES string of the molecule is Cc1ccc(CC2CCC(C(=O)c3cc4c(cc3C)C(C)C=C4C(=O)C3CCCC3C)CC2)cc1. The lowest BCUT2D eigenvalue weighted by Crippen LogP contribution is -2.24. The van der Waals surface area contributed by atoms with Gasteiger partial charge in [0, 0.05) is 28.9 Å². The second-order valence-electron chi connectivity index (χ2n) is 11.8. The maximum atomic E-state index is 13.7. The van der Waals surface area contributed by atoms with E-state index < -0.39 is 0 Å². The standard InChI is InChI=1S/C33H40O2/c1-20-8-10-24(11-9-20)18-25-12-14-26(15-13-25)32(34)29-19-30-28(16-23(29)4)22(3)17-31(30)33(35)27-7-5-6-21(27)2/h8-11,16-17,19,21-22,25-27H,5-7,12-15,18H2,1-4H3. The Bertz CT molecular complexity index is 1140. The lowest BCUT2D eigenvalue weighted by molar-refractivity contribution is -0.118. The third-order valence-corrected chi connectivity index (χ3v) is 9.19. The Morgan fingerprint density at radius 1 is 0.857 bits per heavy atom. The van der Waals surface area contributed by atoms with Crippen LogP contribution in [-0.2, 0) is 11.2 Å². The number of fused-ring (bicyclic) bond motifs is 1. The zero-order valence-corrected chi connectivity index (χ0v) is 21.9. The number of Topliss-reactive ketones (excluding diaryl/α,β-unsaturated/α-hetero) is 2. The molecular weight excluding hydrogens is 428 g/mol. The van der Waals surface area contributed by atoms with E-state index in [1.165, 1.54) is 16.7 Å². The van der Waals surface area contributed by atoms with E-state index in [1.54, 1.807) is 0 Å². The van der Waals surface area contributed by atoms with Crippen molar-refractivity contribution in [3.8, 4) is 0 Å². The predicted octanol–water partition coefficient (Wildman–Crippen LogP) is 8.04. The quantitative estimate of drug-likeness (QED) is 0.402. The Labute approximate surface area is 211 Å². The van der Waals surface area contributed by atoms with Crippen LogP contribution in [0.4, 0.5) is 0 Å². The minimum atomic E-state index is 0.109. The van der Waals surface area contributed by atoms with Gasteiger partial charge in [-0.05, 0) is 98.9 Å². The molecule has 0 bridgehead atoms. The predicted molar refractivity (Wildman–Crippen MR) is 144 cm³/mol. The van der Waals surface area contributed by atoms with Crippen molar-refractivity contribution in [1.82, 2.24) is 0 Å². The summed E-state index contributed by atoms with van der Waals surface area (Å²) in [5.74, 6) is 2.22. The molecule has 3 unspecified atom stereocenters. The fourth-order valence-electron chi connectivity index (χ4n) is 6.89. The molecule has 0 aromatic heterocycles. The smallest absolute Gasteiger partial charge is 0.166 e. The summed E-state index contributed by atoms with van der Waals surface area (Å²) in [6.45, 7) is 8.59. The molecule has 2 aromatic carbocycles. The second kappa shape index (κ2) is 9.88. The average molecular weight is 469 g/mol. The molecule has 0 radical (unpaired) electrons. The monoisotopic (exact) mass is 468 g/mol. The molecule has 2 aromatic rings. The molecule has 2 fully saturated rings. The first-order chi connectivity index (χ1) is 16.8. The molecule has 184 valence electrons. The summed E-state index contributed by atoms with van der Waals surface area (Å²) in [7, 11) is 0. The molecule has 0 aliphatic heterocycles. The summed E-state index contributed by atoms with van der Waals surface area (Å²) in [6, 6.07) is 13.2. The first-order valence-electron chi connectivity index (χ1n) is 13.8. The Morgan fingerprint density at radius 2 is 1.57 bits per heavy atom. The zero-order chi connectivity index (χ0) is 24.7. The number of benzene rings is 2. The Kier molecular flexibility index (Phi) is 6.84. The molecule has 0 spiro atoms. The van der Waals surface area contributed by atoms with Crippen molar-refractivity contribution in [2.24, 2.45) is 23.7 Å². The van der Waals surface area contributed by atoms with Gasteiger partial charge in [0.05, 0.1) is 0 Å². The first kappa shape index (κ1) is 24.2. The van der Waals surface area contributed by atoms with Crippen LogP contribution >= 0.6 is 0 Å². The van der Waals surface area contributed by atoms with E-state index in [4.69, 9.17) is 0 Å². The summed E-state index contributed by atoms with van der Waals surface area (Å²) >= 11 is 0. The Hall–Kier alpha value is -2.48. The third-order valence-electron chi connectivity index (χ3n) is 9.19. The summed E-state index contributed by atoms with van der Waals surface area (Å²) in [5.41, 5.74) is 7.76. The fourth-order valence-corrected chi connectivity index (χ4v) is 6.89. The van der Waals surface area contributed by atoms with E-state index in [0.717, 1.165) is 73.6 Å². The first-order valence-corrected chi connectivity index (χ1v) is 13.8. The molecule has 2 saturated carbocycles. The molecular formula is C33H40O2. The lowest BCUT2D eigenvalue weighted by atomic mass is 9.75. The van der Waals surface area contributed by atoms with Gasteiger partial charge in [-0.3, -0.25) is 9.59 Å². The highest BCUT2D eigenvalue weighted by molar-refractivity contribution is 6.24. The van der Waals surface area contributed by atoms with Crippen LogP contribution < -0.4 is 0 Å². The molecule has 5 rings (SSSR count). The van der Waals surface area contributed by atoms with Crippen LogP contribution in [0.5, 0.6) is 0 Å². The molecule has 35 heavy (non-hydrogen) atoms. The van der Waals surface area contributed by atoms with E-state index in [1.807, 2.05) is 0 Å². The summed E-state index contributed by atoms with van der Waals surface area (Å²) < 4.78 is 0. The maximum Gasteiger partial charge on any atom is 0.166 e. The topological polar surface area (TPSA) is 34.1 Å². The van der Waals surface area contributed by atoms with Gasteiger partial charge in [-0.1, -0.05) is 62.2 Å². The molecule has 0 saturated heterocycles. The molecule has 0 N–H and O–H groups in total. The van der Waals surface area contributed by atoms with E-state index in [-0.39, 0.29) is 17.8 Å². The zero-order valence-electron chi connectivity index (χ0n) is 21.9. The number of hydrogen-bond acceptors (Lipinski definition) is 2. The molecule has 0 heterocycles. The molecule has 3 aliphatic rings. The minimum Gasteiger partial charge on any atom is -0.294 e. The van der Waals surface area contributed by atoms with Crippen LogP contribution in [0, 0.1) is 37.5 Å². The fraction of sp³-hybridized carbons (Fsp3) is 0.515. The number of allylic oxidation sites excluding steroid dienone is 2. The summed E-state index contributed by atoms with van der Waals surface area (Å²) in [4.78, 5) is 27.2. The van der Waals surface area contributed by atoms with Crippen molar-refractivity contribution in [1.29, 1.82) is 0 Å². The molecule has 2 nitrogen and oxygen atoms in total. The number of carbonyl (C=O) groups excluding carboxylic acids is 2. The van der Waals surface area contributed by atoms with Gasteiger partial charge in [0.25, 0.3) is 0 Å². The highest BCUT2D eigenvalue weighted by Crippen LogP contribution is 2.43. The van der Waals surface area contributed by atoms with Crippen LogP contribution in [0.3, 0.4) is 0 Å². The largest absolute Gasteiger partial charge is 0.294 e. The van der Waals surface area contributed by atoms with Gasteiger partial charge in [0.2, 0.25) is 0 Å². The van der Waals surface area contributed by atoms with Crippen LogP contribution in [0.25, 0.3) is 5.57 Å². The van der Waals surface area contributed by atoms with Gasteiger partial charge in [-0.25, -0.2) is 0 Å². The van der Waals surface area contributed by atoms with Gasteiger partial charge in [0.15, 0.2) is 11.6 Å². The van der Waals surface area contributed by atoms with E-state index >= 15 is 0 Å². The number of hydrogen-bond donors (Lipinski definition) is 0. The number of rotatable bonds is 6. The number of aryl methyl sites for hydroxylation is 2.